The average Bonchev–Trinajstić information content (AvgIpc) is 3.09. The molecule has 0 aliphatic heterocycles. The number of aromatic nitrogens is 2. The highest BCUT2D eigenvalue weighted by Gasteiger charge is 2.11. The summed E-state index contributed by atoms with van der Waals surface area (Å²) in [5, 5.41) is 10.5. The van der Waals surface area contributed by atoms with Gasteiger partial charge in [-0.1, -0.05) is 12.1 Å². The van der Waals surface area contributed by atoms with Crippen molar-refractivity contribution in [2.75, 3.05) is 12.4 Å². The maximum atomic E-state index is 13.1. The van der Waals surface area contributed by atoms with E-state index in [1.54, 1.807) is 19.2 Å². The molecule has 0 spiro atoms. The van der Waals surface area contributed by atoms with E-state index in [4.69, 9.17) is 9.15 Å². The molecular weight excluding hydrogens is 325 g/mol. The van der Waals surface area contributed by atoms with E-state index in [0.717, 1.165) is 5.56 Å². The summed E-state index contributed by atoms with van der Waals surface area (Å²) in [5.74, 6) is 0.739. The van der Waals surface area contributed by atoms with Crippen molar-refractivity contribution < 1.29 is 18.3 Å². The van der Waals surface area contributed by atoms with Gasteiger partial charge in [0.25, 0.3) is 0 Å². The summed E-state index contributed by atoms with van der Waals surface area (Å²) in [5.41, 5.74) is 1.15. The Hall–Kier alpha value is -3.22. The van der Waals surface area contributed by atoms with Crippen LogP contribution in [0.4, 0.5) is 10.1 Å². The van der Waals surface area contributed by atoms with Crippen molar-refractivity contribution >= 4 is 11.6 Å². The zero-order valence-electron chi connectivity index (χ0n) is 13.5. The van der Waals surface area contributed by atoms with E-state index in [2.05, 4.69) is 15.5 Å². The fourth-order valence-electron chi connectivity index (χ4n) is 2.24. The lowest BCUT2D eigenvalue weighted by Gasteiger charge is -2.03. The molecule has 0 aliphatic carbocycles. The quantitative estimate of drug-likeness (QED) is 0.743. The lowest BCUT2D eigenvalue weighted by atomic mass is 10.2. The van der Waals surface area contributed by atoms with Gasteiger partial charge in [0.1, 0.15) is 11.6 Å². The van der Waals surface area contributed by atoms with E-state index in [9.17, 15) is 9.18 Å². The summed E-state index contributed by atoms with van der Waals surface area (Å²) in [6.45, 7) is 0. The third-order valence-corrected chi connectivity index (χ3v) is 3.46. The number of anilines is 1. The first-order chi connectivity index (χ1) is 12.1. The van der Waals surface area contributed by atoms with Crippen molar-refractivity contribution in [3.8, 4) is 17.2 Å². The number of nitrogens with zero attached hydrogens (tertiary/aromatic N) is 2. The molecule has 1 N–H and O–H groups in total. The van der Waals surface area contributed by atoms with E-state index in [-0.39, 0.29) is 18.7 Å². The number of benzene rings is 2. The molecule has 3 aromatic rings. The van der Waals surface area contributed by atoms with Crippen LogP contribution in [0.3, 0.4) is 0 Å². The summed E-state index contributed by atoms with van der Waals surface area (Å²) in [6, 6.07) is 13.0. The number of halogens is 1. The Kier molecular flexibility index (Phi) is 5.03. The van der Waals surface area contributed by atoms with Crippen LogP contribution in [0.25, 0.3) is 11.5 Å². The number of nitrogens with one attached hydrogen (secondary N) is 1. The van der Waals surface area contributed by atoms with Gasteiger partial charge in [-0.2, -0.15) is 0 Å². The summed E-state index contributed by atoms with van der Waals surface area (Å²) >= 11 is 0. The molecule has 1 amide bonds. The van der Waals surface area contributed by atoms with Crippen LogP contribution in [-0.2, 0) is 11.2 Å². The minimum absolute atomic E-state index is 0.149. The summed E-state index contributed by atoms with van der Waals surface area (Å²) in [4.78, 5) is 11.9. The summed E-state index contributed by atoms with van der Waals surface area (Å²) < 4.78 is 23.8. The highest BCUT2D eigenvalue weighted by molar-refractivity contribution is 5.90. The lowest BCUT2D eigenvalue weighted by molar-refractivity contribution is -0.116. The molecule has 3 rings (SSSR count). The van der Waals surface area contributed by atoms with Crippen LogP contribution in [0.1, 0.15) is 12.3 Å². The van der Waals surface area contributed by atoms with Gasteiger partial charge < -0.3 is 14.5 Å². The monoisotopic (exact) mass is 341 g/mol. The molecule has 128 valence electrons. The standard InChI is InChI=1S/C18H16FN3O3/c1-24-15-7-2-4-12(10-15)18-22-21-17(25-18)9-8-16(23)20-14-6-3-5-13(19)11-14/h2-7,10-11H,8-9H2,1H3,(H,20,23). The normalized spacial score (nSPS) is 10.5. The molecule has 2 aromatic carbocycles. The molecule has 0 radical (unpaired) electrons. The number of aryl methyl sites for hydroxylation is 1. The Balaban J connectivity index is 1.59. The number of hydrogen-bond acceptors (Lipinski definition) is 5. The van der Waals surface area contributed by atoms with Gasteiger partial charge in [-0.3, -0.25) is 4.79 Å². The molecule has 0 saturated heterocycles. The second-order valence-electron chi connectivity index (χ2n) is 5.29. The van der Waals surface area contributed by atoms with E-state index in [1.165, 1.54) is 18.2 Å². The van der Waals surface area contributed by atoms with Crippen molar-refractivity contribution in [3.63, 3.8) is 0 Å². The third-order valence-electron chi connectivity index (χ3n) is 3.46. The Labute approximate surface area is 143 Å². The topological polar surface area (TPSA) is 77.2 Å². The Morgan fingerprint density at radius 2 is 2.04 bits per heavy atom. The van der Waals surface area contributed by atoms with E-state index in [0.29, 0.717) is 23.2 Å². The molecule has 0 unspecified atom stereocenters. The van der Waals surface area contributed by atoms with E-state index >= 15 is 0 Å². The van der Waals surface area contributed by atoms with Crippen molar-refractivity contribution in [2.45, 2.75) is 12.8 Å². The molecule has 1 aromatic heterocycles. The van der Waals surface area contributed by atoms with Crippen LogP contribution in [0.2, 0.25) is 0 Å². The number of methoxy groups -OCH3 is 1. The first kappa shape index (κ1) is 16.6. The number of carbonyl (C=O) groups is 1. The van der Waals surface area contributed by atoms with Crippen LogP contribution < -0.4 is 10.1 Å². The van der Waals surface area contributed by atoms with Gasteiger partial charge in [0, 0.05) is 24.1 Å². The van der Waals surface area contributed by atoms with Gasteiger partial charge in [-0.25, -0.2) is 4.39 Å². The van der Waals surface area contributed by atoms with Gasteiger partial charge in [-0.05, 0) is 36.4 Å². The van der Waals surface area contributed by atoms with Crippen LogP contribution in [0, 0.1) is 5.82 Å². The SMILES string of the molecule is COc1cccc(-c2nnc(CCC(=O)Nc3cccc(F)c3)o2)c1. The van der Waals surface area contributed by atoms with Gasteiger partial charge in [0.15, 0.2) is 0 Å². The van der Waals surface area contributed by atoms with Crippen molar-refractivity contribution in [3.05, 3.63) is 60.2 Å². The lowest BCUT2D eigenvalue weighted by Crippen LogP contribution is -2.12. The third kappa shape index (κ3) is 4.41. The van der Waals surface area contributed by atoms with Crippen LogP contribution in [0.5, 0.6) is 5.75 Å². The Morgan fingerprint density at radius 3 is 2.84 bits per heavy atom. The average molecular weight is 341 g/mol. The van der Waals surface area contributed by atoms with E-state index < -0.39 is 5.82 Å². The molecule has 0 fully saturated rings. The predicted octanol–water partition coefficient (Wildman–Crippen LogP) is 3.46. The van der Waals surface area contributed by atoms with Crippen LogP contribution >= 0.6 is 0 Å². The van der Waals surface area contributed by atoms with Gasteiger partial charge in [0.2, 0.25) is 17.7 Å². The van der Waals surface area contributed by atoms with Crippen LogP contribution in [0.15, 0.2) is 52.9 Å². The van der Waals surface area contributed by atoms with Crippen molar-refractivity contribution in [1.29, 1.82) is 0 Å². The molecule has 1 heterocycles. The van der Waals surface area contributed by atoms with Gasteiger partial charge in [0.05, 0.1) is 7.11 Å². The first-order valence-corrected chi connectivity index (χ1v) is 7.66. The van der Waals surface area contributed by atoms with Crippen LogP contribution in [-0.4, -0.2) is 23.2 Å². The largest absolute Gasteiger partial charge is 0.497 e. The zero-order valence-corrected chi connectivity index (χ0v) is 13.5. The number of ether oxygens (including phenoxy) is 1. The van der Waals surface area contributed by atoms with Gasteiger partial charge >= 0.3 is 0 Å². The maximum Gasteiger partial charge on any atom is 0.247 e. The molecule has 7 heteroatoms. The number of hydrogen-bond donors (Lipinski definition) is 1. The molecule has 0 saturated carbocycles. The Morgan fingerprint density at radius 1 is 1.20 bits per heavy atom. The zero-order chi connectivity index (χ0) is 17.6. The van der Waals surface area contributed by atoms with Crippen molar-refractivity contribution in [2.24, 2.45) is 0 Å². The number of amides is 1. The minimum Gasteiger partial charge on any atom is -0.497 e. The molecule has 0 bridgehead atoms. The maximum absolute atomic E-state index is 13.1. The Bertz CT molecular complexity index is 879. The smallest absolute Gasteiger partial charge is 0.247 e. The number of rotatable bonds is 6. The fourth-order valence-corrected chi connectivity index (χ4v) is 2.24. The van der Waals surface area contributed by atoms with Gasteiger partial charge in [-0.15, -0.1) is 10.2 Å². The predicted molar refractivity (Wildman–Crippen MR) is 89.6 cm³/mol. The van der Waals surface area contributed by atoms with Crippen molar-refractivity contribution in [1.82, 2.24) is 10.2 Å². The molecule has 0 aliphatic rings. The summed E-state index contributed by atoms with van der Waals surface area (Å²) in [6.07, 6.45) is 0.439. The number of carbonyl (C=O) groups excluding carboxylic acids is 1. The molecule has 25 heavy (non-hydrogen) atoms. The minimum atomic E-state index is -0.405. The second kappa shape index (κ2) is 7.57. The molecular formula is C18H16FN3O3. The fraction of sp³-hybridized carbons (Fsp3) is 0.167. The second-order valence-corrected chi connectivity index (χ2v) is 5.29. The highest BCUT2D eigenvalue weighted by atomic mass is 19.1. The highest BCUT2D eigenvalue weighted by Crippen LogP contribution is 2.22. The first-order valence-electron chi connectivity index (χ1n) is 7.66. The summed E-state index contributed by atoms with van der Waals surface area (Å²) in [7, 11) is 1.58. The van der Waals surface area contributed by atoms with E-state index in [1.807, 2.05) is 18.2 Å². The molecule has 0 atom stereocenters. The molecule has 6 nitrogen and oxygen atoms in total.